The summed E-state index contributed by atoms with van der Waals surface area (Å²) in [5, 5.41) is 13.3. The molecule has 32 heavy (non-hydrogen) atoms. The topological polar surface area (TPSA) is 105 Å². The summed E-state index contributed by atoms with van der Waals surface area (Å²) in [7, 11) is 4.05. The van der Waals surface area contributed by atoms with Crippen LogP contribution in [0.15, 0.2) is 36.4 Å². The number of benzene rings is 2. The van der Waals surface area contributed by atoms with Gasteiger partial charge in [-0.2, -0.15) is 0 Å². The summed E-state index contributed by atoms with van der Waals surface area (Å²) in [4.78, 5) is 14.3. The molecule has 172 valence electrons. The van der Waals surface area contributed by atoms with Gasteiger partial charge in [-0.3, -0.25) is 8.51 Å². The van der Waals surface area contributed by atoms with Crippen LogP contribution in [0.2, 0.25) is 0 Å². The lowest BCUT2D eigenvalue weighted by Crippen LogP contribution is -2.24. The number of nitrogens with zero attached hydrogens (tertiary/aromatic N) is 2. The molecule has 2 aromatic carbocycles. The van der Waals surface area contributed by atoms with E-state index in [0.29, 0.717) is 42.1 Å². The number of aromatic carboxylic acids is 1. The molecule has 2 aliphatic rings. The van der Waals surface area contributed by atoms with Crippen LogP contribution in [0.25, 0.3) is 0 Å². The van der Waals surface area contributed by atoms with Crippen molar-refractivity contribution in [1.29, 1.82) is 0 Å². The summed E-state index contributed by atoms with van der Waals surface area (Å²) in [6.07, 6.45) is 2.90. The zero-order valence-corrected chi connectivity index (χ0v) is 19.1. The Morgan fingerprint density at radius 2 is 2.00 bits per heavy atom. The number of anilines is 3. The molecule has 0 aromatic heterocycles. The minimum absolute atomic E-state index is 0.0746. The number of fused-ring (bicyclic) bond motifs is 3. The summed E-state index contributed by atoms with van der Waals surface area (Å²) < 4.78 is 31.6. The Balaban J connectivity index is 1.67. The van der Waals surface area contributed by atoms with Crippen LogP contribution < -0.4 is 14.4 Å². The van der Waals surface area contributed by atoms with E-state index in [1.807, 2.05) is 20.2 Å². The van der Waals surface area contributed by atoms with Gasteiger partial charge in [0.1, 0.15) is 11.3 Å². The van der Waals surface area contributed by atoms with Gasteiger partial charge in [-0.15, -0.1) is 0 Å². The first-order valence-electron chi connectivity index (χ1n) is 10.8. The lowest BCUT2D eigenvalue weighted by atomic mass is 10.00. The number of carboxylic acids is 1. The van der Waals surface area contributed by atoms with E-state index < -0.39 is 17.2 Å². The highest BCUT2D eigenvalue weighted by Crippen LogP contribution is 2.56. The van der Waals surface area contributed by atoms with Crippen LogP contribution in [0.5, 0.6) is 5.75 Å². The summed E-state index contributed by atoms with van der Waals surface area (Å²) in [5.74, 6) is -0.191. The van der Waals surface area contributed by atoms with Crippen molar-refractivity contribution in [3.8, 4) is 5.75 Å². The van der Waals surface area contributed by atoms with Gasteiger partial charge < -0.3 is 24.6 Å². The minimum atomic E-state index is -2.74. The van der Waals surface area contributed by atoms with Gasteiger partial charge in [0.05, 0.1) is 34.9 Å². The van der Waals surface area contributed by atoms with Gasteiger partial charge in [0.15, 0.2) is 0 Å². The molecular formula is C23H28N3O5S-. The van der Waals surface area contributed by atoms with Crippen molar-refractivity contribution in [2.75, 3.05) is 43.4 Å². The van der Waals surface area contributed by atoms with E-state index >= 15 is 0 Å². The largest absolute Gasteiger partial charge is 0.755 e. The van der Waals surface area contributed by atoms with Crippen LogP contribution in [0.4, 0.5) is 17.1 Å². The highest BCUT2D eigenvalue weighted by atomic mass is 32.2. The number of ether oxygens (including phenoxy) is 1. The SMILES string of the molecule is CN(C)CCCCNc1ccccc1N(c1ccc2c(c1C(=O)O)OCC1CC21)S(=O)[O-]. The van der Waals surface area contributed by atoms with Crippen LogP contribution in [0.1, 0.15) is 41.1 Å². The molecule has 1 heterocycles. The second-order valence-corrected chi connectivity index (χ2v) is 9.36. The number of carboxylic acid groups (broad SMARTS) is 1. The van der Waals surface area contributed by atoms with Crippen molar-refractivity contribution in [1.82, 2.24) is 4.90 Å². The lowest BCUT2D eigenvalue weighted by Gasteiger charge is -2.31. The van der Waals surface area contributed by atoms with Crippen molar-refractivity contribution in [2.45, 2.75) is 25.2 Å². The number of nitrogens with one attached hydrogen (secondary N) is 1. The van der Waals surface area contributed by atoms with Crippen LogP contribution in [0.3, 0.4) is 0 Å². The van der Waals surface area contributed by atoms with Gasteiger partial charge >= 0.3 is 5.97 Å². The standard InChI is InChI=1S/C23H29N3O5S/c1-25(2)12-6-5-11-24-18-7-3-4-8-19(18)26(32(29)30)20-10-9-16-17-13-15(17)14-31-22(16)21(20)23(27)28/h3-4,7-10,15,17,24H,5-6,11-14H2,1-2H3,(H,27,28)(H,29,30)/p-1. The molecule has 2 aromatic rings. The maximum absolute atomic E-state index is 12.4. The van der Waals surface area contributed by atoms with Crippen molar-refractivity contribution in [3.63, 3.8) is 0 Å². The maximum Gasteiger partial charge on any atom is 0.341 e. The van der Waals surface area contributed by atoms with E-state index in [2.05, 4.69) is 10.2 Å². The van der Waals surface area contributed by atoms with Crippen LogP contribution in [-0.4, -0.2) is 58.5 Å². The number of hydrogen-bond acceptors (Lipinski definition) is 6. The fraction of sp³-hybridized carbons (Fsp3) is 0.435. The predicted molar refractivity (Wildman–Crippen MR) is 124 cm³/mol. The van der Waals surface area contributed by atoms with Crippen LogP contribution in [0, 0.1) is 5.92 Å². The molecule has 3 atom stereocenters. The quantitative estimate of drug-likeness (QED) is 0.414. The van der Waals surface area contributed by atoms with Crippen molar-refractivity contribution < 1.29 is 23.4 Å². The Kier molecular flexibility index (Phi) is 6.68. The Morgan fingerprint density at radius 1 is 1.22 bits per heavy atom. The van der Waals surface area contributed by atoms with E-state index in [-0.39, 0.29) is 11.3 Å². The molecule has 3 unspecified atom stereocenters. The first kappa shape index (κ1) is 22.6. The normalized spacial score (nSPS) is 19.5. The number of carbonyl (C=O) groups is 1. The molecule has 8 nitrogen and oxygen atoms in total. The third-order valence-corrected chi connectivity index (χ3v) is 6.67. The number of hydrogen-bond donors (Lipinski definition) is 2. The average molecular weight is 459 g/mol. The fourth-order valence-corrected chi connectivity index (χ4v) is 4.91. The highest BCUT2D eigenvalue weighted by Gasteiger charge is 2.45. The van der Waals surface area contributed by atoms with Gasteiger partial charge in [0.25, 0.3) is 0 Å². The highest BCUT2D eigenvalue weighted by molar-refractivity contribution is 7.81. The van der Waals surface area contributed by atoms with E-state index in [0.717, 1.165) is 35.7 Å². The molecule has 0 bridgehead atoms. The summed E-state index contributed by atoms with van der Waals surface area (Å²) in [5.41, 5.74) is 1.81. The lowest BCUT2D eigenvalue weighted by molar-refractivity contribution is 0.0692. The van der Waals surface area contributed by atoms with E-state index in [1.165, 1.54) is 0 Å². The van der Waals surface area contributed by atoms with Crippen molar-refractivity contribution >= 4 is 34.3 Å². The molecule has 0 spiro atoms. The van der Waals surface area contributed by atoms with Gasteiger partial charge in [-0.1, -0.05) is 18.2 Å². The number of rotatable bonds is 10. The molecule has 4 rings (SSSR count). The molecule has 0 amide bonds. The summed E-state index contributed by atoms with van der Waals surface area (Å²) in [6.45, 7) is 2.11. The Morgan fingerprint density at radius 3 is 2.72 bits per heavy atom. The van der Waals surface area contributed by atoms with Gasteiger partial charge in [0.2, 0.25) is 0 Å². The zero-order valence-electron chi connectivity index (χ0n) is 18.2. The van der Waals surface area contributed by atoms with Gasteiger partial charge in [-0.25, -0.2) is 4.79 Å². The van der Waals surface area contributed by atoms with Crippen molar-refractivity contribution in [2.24, 2.45) is 5.92 Å². The third kappa shape index (κ3) is 4.60. The number of para-hydroxylation sites is 2. The summed E-state index contributed by atoms with van der Waals surface area (Å²) in [6, 6.07) is 10.4. The molecule has 1 saturated carbocycles. The van der Waals surface area contributed by atoms with E-state index in [9.17, 15) is 18.7 Å². The predicted octanol–water partition coefficient (Wildman–Crippen LogP) is 3.57. The van der Waals surface area contributed by atoms with E-state index in [4.69, 9.17) is 4.74 Å². The fourth-order valence-electron chi connectivity index (χ4n) is 4.28. The average Bonchev–Trinajstić information content (AvgIpc) is 3.54. The van der Waals surface area contributed by atoms with Gasteiger partial charge in [0, 0.05) is 12.5 Å². The van der Waals surface area contributed by atoms with Crippen molar-refractivity contribution in [3.05, 3.63) is 47.5 Å². The first-order valence-corrected chi connectivity index (χ1v) is 11.8. The molecule has 9 heteroatoms. The molecule has 0 radical (unpaired) electrons. The second-order valence-electron chi connectivity index (χ2n) is 8.56. The molecule has 1 fully saturated rings. The Hall–Kier alpha value is -2.62. The minimum Gasteiger partial charge on any atom is -0.755 e. The summed E-state index contributed by atoms with van der Waals surface area (Å²) >= 11 is -2.74. The maximum atomic E-state index is 12.4. The van der Waals surface area contributed by atoms with Crippen LogP contribution >= 0.6 is 0 Å². The smallest absolute Gasteiger partial charge is 0.341 e. The third-order valence-electron chi connectivity index (χ3n) is 5.98. The van der Waals surface area contributed by atoms with E-state index in [1.54, 1.807) is 30.3 Å². The zero-order chi connectivity index (χ0) is 22.8. The monoisotopic (exact) mass is 458 g/mol. The Labute approximate surface area is 190 Å². The number of unbranched alkanes of at least 4 members (excludes halogenated alkanes) is 1. The first-order chi connectivity index (χ1) is 15.4. The molecular weight excluding hydrogens is 430 g/mol. The second kappa shape index (κ2) is 9.48. The Bertz CT molecular complexity index is 1030. The molecule has 0 saturated heterocycles. The van der Waals surface area contributed by atoms with Crippen LogP contribution in [-0.2, 0) is 11.3 Å². The molecule has 2 N–H and O–H groups in total. The molecule has 1 aliphatic heterocycles. The van der Waals surface area contributed by atoms with Gasteiger partial charge in [-0.05, 0) is 69.6 Å². The molecule has 1 aliphatic carbocycles.